The van der Waals surface area contributed by atoms with Crippen LogP contribution in [0.2, 0.25) is 0 Å². The number of hydrogen-bond acceptors (Lipinski definition) is 5. The van der Waals surface area contributed by atoms with Crippen LogP contribution in [0.25, 0.3) is 0 Å². The summed E-state index contributed by atoms with van der Waals surface area (Å²) in [6.07, 6.45) is 6.44. The highest BCUT2D eigenvalue weighted by Crippen LogP contribution is 2.29. The number of carbonyl (C=O) groups excluding carboxylic acids is 2. The Kier molecular flexibility index (Phi) is 3.15. The molecule has 0 saturated heterocycles. The molecule has 0 spiro atoms. The van der Waals surface area contributed by atoms with Crippen molar-refractivity contribution in [2.24, 2.45) is 5.92 Å². The van der Waals surface area contributed by atoms with Gasteiger partial charge >= 0.3 is 0 Å². The molecule has 0 aromatic carbocycles. The molecule has 9 nitrogen and oxygen atoms in total. The van der Waals surface area contributed by atoms with E-state index in [-0.39, 0.29) is 24.3 Å². The zero-order valence-electron chi connectivity index (χ0n) is 10.5. The van der Waals surface area contributed by atoms with E-state index >= 15 is 0 Å². The lowest BCUT2D eigenvalue weighted by Crippen LogP contribution is -2.18. The van der Waals surface area contributed by atoms with Crippen molar-refractivity contribution >= 4 is 23.3 Å². The maximum Gasteiger partial charge on any atom is 0.246 e. The smallest absolute Gasteiger partial charge is 0.246 e. The van der Waals surface area contributed by atoms with Crippen LogP contribution < -0.4 is 10.6 Å². The third-order valence-electron chi connectivity index (χ3n) is 2.83. The molecular weight excluding hydrogens is 262 g/mol. The minimum atomic E-state index is -0.253. The third-order valence-corrected chi connectivity index (χ3v) is 2.83. The maximum absolute atomic E-state index is 11.7. The fourth-order valence-electron chi connectivity index (χ4n) is 1.67. The molecular formula is C11H13N7O2. The molecule has 1 aliphatic carbocycles. The van der Waals surface area contributed by atoms with Crippen molar-refractivity contribution in [3.63, 3.8) is 0 Å². The molecule has 2 aromatic rings. The van der Waals surface area contributed by atoms with Crippen LogP contribution in [0.4, 0.5) is 11.5 Å². The van der Waals surface area contributed by atoms with Gasteiger partial charge in [0.05, 0.1) is 18.1 Å². The number of nitrogens with one attached hydrogen (secondary N) is 3. The summed E-state index contributed by atoms with van der Waals surface area (Å²) in [4.78, 5) is 23.2. The van der Waals surface area contributed by atoms with Gasteiger partial charge in [0, 0.05) is 12.1 Å². The van der Waals surface area contributed by atoms with E-state index in [4.69, 9.17) is 0 Å². The van der Waals surface area contributed by atoms with E-state index in [0.29, 0.717) is 11.5 Å². The van der Waals surface area contributed by atoms with Crippen LogP contribution in [0.15, 0.2) is 18.6 Å². The number of anilines is 2. The Morgan fingerprint density at radius 3 is 2.95 bits per heavy atom. The van der Waals surface area contributed by atoms with Crippen molar-refractivity contribution in [2.75, 3.05) is 10.6 Å². The number of hydrogen-bond donors (Lipinski definition) is 3. The molecule has 1 fully saturated rings. The van der Waals surface area contributed by atoms with E-state index in [1.54, 1.807) is 6.20 Å². The summed E-state index contributed by atoms with van der Waals surface area (Å²) < 4.78 is 1.36. The zero-order valence-corrected chi connectivity index (χ0v) is 10.5. The highest BCUT2D eigenvalue weighted by atomic mass is 16.2. The van der Waals surface area contributed by atoms with Gasteiger partial charge < -0.3 is 10.6 Å². The SMILES string of the molecule is O=C(Cn1cc(NC(=O)C2CC2)nn1)Nc1cn[nH]c1. The summed E-state index contributed by atoms with van der Waals surface area (Å²) in [5.74, 6) is 0.166. The van der Waals surface area contributed by atoms with Crippen molar-refractivity contribution in [1.82, 2.24) is 25.2 Å². The summed E-state index contributed by atoms with van der Waals surface area (Å²) in [6.45, 7) is 0.0114. The number of rotatable bonds is 5. The molecule has 0 bridgehead atoms. The van der Waals surface area contributed by atoms with E-state index in [1.165, 1.54) is 17.1 Å². The van der Waals surface area contributed by atoms with Crippen LogP contribution in [0.3, 0.4) is 0 Å². The van der Waals surface area contributed by atoms with Crippen molar-refractivity contribution in [1.29, 1.82) is 0 Å². The van der Waals surface area contributed by atoms with Crippen molar-refractivity contribution < 1.29 is 9.59 Å². The standard InChI is InChI=1S/C11H13N7O2/c19-10(14-8-3-12-13-4-8)6-18-5-9(16-17-18)15-11(20)7-1-2-7/h3-5,7H,1-2,6H2,(H,12,13)(H,14,19)(H,15,20). The molecule has 20 heavy (non-hydrogen) atoms. The molecule has 3 N–H and O–H groups in total. The number of aromatic amines is 1. The Bertz CT molecular complexity index is 615. The molecule has 2 heterocycles. The molecule has 0 unspecified atom stereocenters. The van der Waals surface area contributed by atoms with Gasteiger partial charge in [0.25, 0.3) is 0 Å². The van der Waals surface area contributed by atoms with E-state index in [2.05, 4.69) is 31.1 Å². The van der Waals surface area contributed by atoms with Crippen molar-refractivity contribution in [3.05, 3.63) is 18.6 Å². The number of carbonyl (C=O) groups is 2. The van der Waals surface area contributed by atoms with Gasteiger partial charge in [0.1, 0.15) is 6.54 Å². The zero-order chi connectivity index (χ0) is 13.9. The molecule has 1 aliphatic rings. The Hall–Kier alpha value is -2.71. The van der Waals surface area contributed by atoms with Crippen LogP contribution in [0.5, 0.6) is 0 Å². The number of amides is 2. The monoisotopic (exact) mass is 275 g/mol. The highest BCUT2D eigenvalue weighted by Gasteiger charge is 2.30. The molecule has 1 saturated carbocycles. The van der Waals surface area contributed by atoms with Gasteiger partial charge in [0.2, 0.25) is 11.8 Å². The lowest BCUT2D eigenvalue weighted by Gasteiger charge is -2.01. The molecule has 2 aromatic heterocycles. The molecule has 9 heteroatoms. The summed E-state index contributed by atoms with van der Waals surface area (Å²) in [7, 11) is 0. The quantitative estimate of drug-likeness (QED) is 0.709. The van der Waals surface area contributed by atoms with Gasteiger partial charge in [0.15, 0.2) is 5.82 Å². The van der Waals surface area contributed by atoms with E-state index in [1.807, 2.05) is 0 Å². The Morgan fingerprint density at radius 1 is 1.40 bits per heavy atom. The van der Waals surface area contributed by atoms with E-state index in [0.717, 1.165) is 12.8 Å². The lowest BCUT2D eigenvalue weighted by molar-refractivity contribution is -0.117. The fourth-order valence-corrected chi connectivity index (χ4v) is 1.67. The first kappa shape index (κ1) is 12.3. The second-order valence-corrected chi connectivity index (χ2v) is 4.60. The van der Waals surface area contributed by atoms with Crippen molar-refractivity contribution in [2.45, 2.75) is 19.4 Å². The average Bonchev–Trinajstić information content (AvgIpc) is 2.99. The van der Waals surface area contributed by atoms with Gasteiger partial charge in [-0.05, 0) is 12.8 Å². The van der Waals surface area contributed by atoms with Gasteiger partial charge in [-0.3, -0.25) is 14.7 Å². The summed E-state index contributed by atoms with van der Waals surface area (Å²) in [5, 5.41) is 19.2. The largest absolute Gasteiger partial charge is 0.322 e. The van der Waals surface area contributed by atoms with Gasteiger partial charge in [-0.25, -0.2) is 4.68 Å². The normalized spacial score (nSPS) is 14.0. The molecule has 2 amide bonds. The summed E-state index contributed by atoms with van der Waals surface area (Å²) in [6, 6.07) is 0. The first-order valence-corrected chi connectivity index (χ1v) is 6.20. The third kappa shape index (κ3) is 2.99. The van der Waals surface area contributed by atoms with Gasteiger partial charge in [-0.2, -0.15) is 5.10 Å². The van der Waals surface area contributed by atoms with E-state index < -0.39 is 0 Å². The maximum atomic E-state index is 11.7. The predicted molar refractivity (Wildman–Crippen MR) is 68.6 cm³/mol. The number of nitrogens with zero attached hydrogens (tertiary/aromatic N) is 4. The van der Waals surface area contributed by atoms with Crippen LogP contribution in [0.1, 0.15) is 12.8 Å². The molecule has 0 atom stereocenters. The number of aromatic nitrogens is 5. The summed E-state index contributed by atoms with van der Waals surface area (Å²) in [5.41, 5.74) is 0.581. The Morgan fingerprint density at radius 2 is 2.25 bits per heavy atom. The van der Waals surface area contributed by atoms with E-state index in [9.17, 15) is 9.59 Å². The molecule has 104 valence electrons. The topological polar surface area (TPSA) is 118 Å². The number of H-pyrrole nitrogens is 1. The Labute approximate surface area is 113 Å². The lowest BCUT2D eigenvalue weighted by atomic mass is 10.4. The highest BCUT2D eigenvalue weighted by molar-refractivity contribution is 5.93. The Balaban J connectivity index is 1.53. The van der Waals surface area contributed by atoms with Crippen LogP contribution >= 0.6 is 0 Å². The van der Waals surface area contributed by atoms with Gasteiger partial charge in [-0.15, -0.1) is 5.10 Å². The molecule has 0 aliphatic heterocycles. The van der Waals surface area contributed by atoms with Crippen LogP contribution in [0, 0.1) is 5.92 Å². The average molecular weight is 275 g/mol. The van der Waals surface area contributed by atoms with Crippen LogP contribution in [-0.2, 0) is 16.1 Å². The minimum Gasteiger partial charge on any atom is -0.322 e. The molecule has 0 radical (unpaired) electrons. The predicted octanol–water partition coefficient (Wildman–Crippen LogP) is -0.0116. The first-order chi connectivity index (χ1) is 9.70. The summed E-state index contributed by atoms with van der Waals surface area (Å²) >= 11 is 0. The second-order valence-electron chi connectivity index (χ2n) is 4.60. The van der Waals surface area contributed by atoms with Crippen molar-refractivity contribution in [3.8, 4) is 0 Å². The van der Waals surface area contributed by atoms with Crippen LogP contribution in [-0.4, -0.2) is 37.0 Å². The second kappa shape index (κ2) is 5.11. The minimum absolute atomic E-state index is 0.0114. The first-order valence-electron chi connectivity index (χ1n) is 6.20. The molecule has 3 rings (SSSR count). The van der Waals surface area contributed by atoms with Gasteiger partial charge in [-0.1, -0.05) is 5.21 Å². The fraction of sp³-hybridized carbons (Fsp3) is 0.364.